The first-order valence-corrected chi connectivity index (χ1v) is 6.77. The molecule has 0 unspecified atom stereocenters. The largest absolute Gasteiger partial charge is 0.377 e. The van der Waals surface area contributed by atoms with Gasteiger partial charge in [-0.25, -0.2) is 0 Å². The van der Waals surface area contributed by atoms with Crippen molar-refractivity contribution in [3.63, 3.8) is 0 Å². The molecule has 2 rings (SSSR count). The SMILES string of the molecule is CC(C)N1CC[C@H](N[C@@H](C)[C@@H]2CCCO2)C1=O. The highest BCUT2D eigenvalue weighted by Gasteiger charge is 2.35. The summed E-state index contributed by atoms with van der Waals surface area (Å²) in [5.41, 5.74) is 0. The van der Waals surface area contributed by atoms with Crippen LogP contribution in [0.5, 0.6) is 0 Å². The standard InChI is InChI=1S/C13H24N2O2/c1-9(2)15-7-6-11(13(15)16)14-10(3)12-5-4-8-17-12/h9-12,14H,4-8H2,1-3H3/t10-,11-,12-/m0/s1. The second kappa shape index (κ2) is 5.36. The predicted octanol–water partition coefficient (Wildman–Crippen LogP) is 1.15. The monoisotopic (exact) mass is 240 g/mol. The van der Waals surface area contributed by atoms with Crippen LogP contribution in [-0.2, 0) is 9.53 Å². The molecular formula is C13H24N2O2. The van der Waals surface area contributed by atoms with Crippen molar-refractivity contribution in [2.45, 2.75) is 64.3 Å². The highest BCUT2D eigenvalue weighted by atomic mass is 16.5. The second-order valence-electron chi connectivity index (χ2n) is 5.47. The Morgan fingerprint density at radius 3 is 2.65 bits per heavy atom. The number of carbonyl (C=O) groups is 1. The first-order valence-electron chi connectivity index (χ1n) is 6.77. The van der Waals surface area contributed by atoms with Gasteiger partial charge in [0.2, 0.25) is 5.91 Å². The molecule has 0 spiro atoms. The third kappa shape index (κ3) is 2.80. The van der Waals surface area contributed by atoms with Crippen LogP contribution < -0.4 is 5.32 Å². The fraction of sp³-hybridized carbons (Fsp3) is 0.923. The third-order valence-corrected chi connectivity index (χ3v) is 3.85. The van der Waals surface area contributed by atoms with Crippen LogP contribution in [0.3, 0.4) is 0 Å². The number of rotatable bonds is 4. The summed E-state index contributed by atoms with van der Waals surface area (Å²) in [6, 6.07) is 0.586. The van der Waals surface area contributed by atoms with Gasteiger partial charge in [-0.05, 0) is 40.0 Å². The van der Waals surface area contributed by atoms with Crippen molar-refractivity contribution in [2.24, 2.45) is 0 Å². The fourth-order valence-electron chi connectivity index (χ4n) is 2.79. The smallest absolute Gasteiger partial charge is 0.240 e. The molecule has 1 N–H and O–H groups in total. The Kier molecular flexibility index (Phi) is 4.05. The summed E-state index contributed by atoms with van der Waals surface area (Å²) < 4.78 is 5.65. The number of amides is 1. The molecule has 98 valence electrons. The minimum Gasteiger partial charge on any atom is -0.377 e. The van der Waals surface area contributed by atoms with Gasteiger partial charge in [-0.2, -0.15) is 0 Å². The van der Waals surface area contributed by atoms with E-state index in [1.165, 1.54) is 0 Å². The van der Waals surface area contributed by atoms with E-state index in [2.05, 4.69) is 26.1 Å². The molecule has 3 atom stereocenters. The van der Waals surface area contributed by atoms with Gasteiger partial charge in [0.1, 0.15) is 0 Å². The van der Waals surface area contributed by atoms with E-state index in [1.54, 1.807) is 0 Å². The van der Waals surface area contributed by atoms with E-state index in [-0.39, 0.29) is 24.1 Å². The van der Waals surface area contributed by atoms with Crippen LogP contribution in [0, 0.1) is 0 Å². The van der Waals surface area contributed by atoms with Gasteiger partial charge in [-0.15, -0.1) is 0 Å². The number of ether oxygens (including phenoxy) is 1. The first-order chi connectivity index (χ1) is 8.09. The van der Waals surface area contributed by atoms with Crippen LogP contribution >= 0.6 is 0 Å². The minimum absolute atomic E-state index is 0.00315. The Labute approximate surface area is 104 Å². The second-order valence-corrected chi connectivity index (χ2v) is 5.47. The van der Waals surface area contributed by atoms with Crippen molar-refractivity contribution >= 4 is 5.91 Å². The van der Waals surface area contributed by atoms with E-state index in [0.717, 1.165) is 32.4 Å². The molecule has 0 radical (unpaired) electrons. The van der Waals surface area contributed by atoms with Gasteiger partial charge in [-0.1, -0.05) is 0 Å². The van der Waals surface area contributed by atoms with Crippen molar-refractivity contribution in [1.82, 2.24) is 10.2 Å². The Morgan fingerprint density at radius 1 is 1.35 bits per heavy atom. The van der Waals surface area contributed by atoms with Gasteiger partial charge in [0, 0.05) is 25.2 Å². The Bertz CT molecular complexity index is 275. The molecule has 2 aliphatic heterocycles. The molecule has 1 amide bonds. The van der Waals surface area contributed by atoms with E-state index in [9.17, 15) is 4.79 Å². The summed E-state index contributed by atoms with van der Waals surface area (Å²) in [4.78, 5) is 14.1. The maximum atomic E-state index is 12.1. The summed E-state index contributed by atoms with van der Waals surface area (Å²) in [5, 5.41) is 3.44. The zero-order valence-electron chi connectivity index (χ0n) is 11.1. The predicted molar refractivity (Wildman–Crippen MR) is 66.8 cm³/mol. The molecule has 0 saturated carbocycles. The molecule has 2 heterocycles. The summed E-state index contributed by atoms with van der Waals surface area (Å²) in [5.74, 6) is 0.254. The summed E-state index contributed by atoms with van der Waals surface area (Å²) in [7, 11) is 0. The van der Waals surface area contributed by atoms with Crippen LogP contribution in [0.4, 0.5) is 0 Å². The molecule has 2 aliphatic rings. The molecule has 4 nitrogen and oxygen atoms in total. The number of nitrogens with zero attached hydrogens (tertiary/aromatic N) is 1. The van der Waals surface area contributed by atoms with Crippen LogP contribution in [0.15, 0.2) is 0 Å². The quantitative estimate of drug-likeness (QED) is 0.801. The lowest BCUT2D eigenvalue weighted by atomic mass is 10.1. The molecule has 0 bridgehead atoms. The average Bonchev–Trinajstić information content (AvgIpc) is 2.89. The topological polar surface area (TPSA) is 41.6 Å². The highest BCUT2D eigenvalue weighted by Crippen LogP contribution is 2.19. The van der Waals surface area contributed by atoms with E-state index >= 15 is 0 Å². The molecule has 4 heteroatoms. The van der Waals surface area contributed by atoms with Crippen molar-refractivity contribution in [2.75, 3.05) is 13.2 Å². The zero-order valence-corrected chi connectivity index (χ0v) is 11.1. The molecule has 0 aliphatic carbocycles. The van der Waals surface area contributed by atoms with Crippen LogP contribution in [-0.4, -0.2) is 48.2 Å². The molecule has 0 aromatic carbocycles. The minimum atomic E-state index is -0.00315. The van der Waals surface area contributed by atoms with Crippen molar-refractivity contribution in [3.8, 4) is 0 Å². The van der Waals surface area contributed by atoms with Crippen LogP contribution in [0.1, 0.15) is 40.0 Å². The Hall–Kier alpha value is -0.610. The molecule has 0 aromatic rings. The summed E-state index contributed by atoms with van der Waals surface area (Å²) >= 11 is 0. The lowest BCUT2D eigenvalue weighted by molar-refractivity contribution is -0.131. The zero-order chi connectivity index (χ0) is 12.4. The van der Waals surface area contributed by atoms with E-state index in [1.807, 2.05) is 4.90 Å². The molecular weight excluding hydrogens is 216 g/mol. The van der Waals surface area contributed by atoms with Gasteiger partial charge < -0.3 is 15.0 Å². The molecule has 0 aromatic heterocycles. The average molecular weight is 240 g/mol. The van der Waals surface area contributed by atoms with Crippen molar-refractivity contribution in [3.05, 3.63) is 0 Å². The molecule has 2 fully saturated rings. The van der Waals surface area contributed by atoms with Crippen molar-refractivity contribution in [1.29, 1.82) is 0 Å². The van der Waals surface area contributed by atoms with Gasteiger partial charge in [0.15, 0.2) is 0 Å². The number of nitrogens with one attached hydrogen (secondary N) is 1. The first kappa shape index (κ1) is 12.8. The highest BCUT2D eigenvalue weighted by molar-refractivity contribution is 5.84. The van der Waals surface area contributed by atoms with Gasteiger partial charge in [0.05, 0.1) is 12.1 Å². The molecule has 2 saturated heterocycles. The van der Waals surface area contributed by atoms with Crippen LogP contribution in [0.25, 0.3) is 0 Å². The Balaban J connectivity index is 1.85. The molecule has 17 heavy (non-hydrogen) atoms. The maximum Gasteiger partial charge on any atom is 0.240 e. The Morgan fingerprint density at radius 2 is 2.12 bits per heavy atom. The lowest BCUT2D eigenvalue weighted by Crippen LogP contribution is -2.47. The van der Waals surface area contributed by atoms with E-state index in [0.29, 0.717) is 6.04 Å². The lowest BCUT2D eigenvalue weighted by Gasteiger charge is -2.25. The maximum absolute atomic E-state index is 12.1. The van der Waals surface area contributed by atoms with E-state index < -0.39 is 0 Å². The van der Waals surface area contributed by atoms with Gasteiger partial charge >= 0.3 is 0 Å². The van der Waals surface area contributed by atoms with Gasteiger partial charge in [-0.3, -0.25) is 4.79 Å². The number of carbonyl (C=O) groups excluding carboxylic acids is 1. The van der Waals surface area contributed by atoms with Crippen molar-refractivity contribution < 1.29 is 9.53 Å². The number of hydrogen-bond acceptors (Lipinski definition) is 3. The fourth-order valence-corrected chi connectivity index (χ4v) is 2.79. The van der Waals surface area contributed by atoms with E-state index in [4.69, 9.17) is 4.74 Å². The number of likely N-dealkylation sites (tertiary alicyclic amines) is 1. The third-order valence-electron chi connectivity index (χ3n) is 3.85. The number of hydrogen-bond donors (Lipinski definition) is 1. The summed E-state index contributed by atoms with van der Waals surface area (Å²) in [6.07, 6.45) is 3.47. The van der Waals surface area contributed by atoms with Crippen LogP contribution in [0.2, 0.25) is 0 Å². The normalized spacial score (nSPS) is 31.5. The van der Waals surface area contributed by atoms with Gasteiger partial charge in [0.25, 0.3) is 0 Å². The summed E-state index contributed by atoms with van der Waals surface area (Å²) in [6.45, 7) is 8.02.